The highest BCUT2D eigenvalue weighted by Crippen LogP contribution is 2.26. The number of halogens is 2. The second-order valence-corrected chi connectivity index (χ2v) is 4.68. The largest absolute Gasteiger partial charge is 0.473 e. The molecule has 0 aliphatic rings. The predicted octanol–water partition coefficient (Wildman–Crippen LogP) is 3.78. The van der Waals surface area contributed by atoms with Crippen molar-refractivity contribution >= 4 is 27.5 Å². The van der Waals surface area contributed by atoms with Crippen molar-refractivity contribution in [1.29, 1.82) is 5.26 Å². The molecule has 2 nitrogen and oxygen atoms in total. The van der Waals surface area contributed by atoms with E-state index in [-0.39, 0.29) is 0 Å². The van der Waals surface area contributed by atoms with Crippen LogP contribution in [0, 0.1) is 11.3 Å². The van der Waals surface area contributed by atoms with Gasteiger partial charge in [0.1, 0.15) is 11.8 Å². The molecule has 0 unspecified atom stereocenters. The fourth-order valence-electron chi connectivity index (χ4n) is 0.905. The van der Waals surface area contributed by atoms with Crippen molar-refractivity contribution in [2.75, 3.05) is 0 Å². The Morgan fingerprint density at radius 3 is 2.57 bits per heavy atom. The summed E-state index contributed by atoms with van der Waals surface area (Å²) in [6, 6.07) is 7.25. The van der Waals surface area contributed by atoms with Crippen LogP contribution in [0.3, 0.4) is 0 Å². The van der Waals surface area contributed by atoms with Crippen molar-refractivity contribution in [3.8, 4) is 11.8 Å². The molecule has 0 aliphatic carbocycles. The van der Waals surface area contributed by atoms with Gasteiger partial charge < -0.3 is 4.74 Å². The molecule has 0 spiro atoms. The molecule has 0 fully saturated rings. The monoisotopic (exact) mass is 273 g/mol. The van der Waals surface area contributed by atoms with Gasteiger partial charge in [0, 0.05) is 9.50 Å². The second-order valence-electron chi connectivity index (χ2n) is 3.33. The molecular formula is C10H9BrClNO. The van der Waals surface area contributed by atoms with E-state index in [0.717, 1.165) is 4.47 Å². The topological polar surface area (TPSA) is 33.0 Å². The minimum atomic E-state index is -0.843. The minimum Gasteiger partial charge on any atom is -0.473 e. The first kappa shape index (κ1) is 11.4. The Balaban J connectivity index is 2.94. The van der Waals surface area contributed by atoms with Crippen LogP contribution < -0.4 is 4.74 Å². The number of hydrogen-bond donors (Lipinski definition) is 0. The summed E-state index contributed by atoms with van der Waals surface area (Å²) in [5, 5.41) is 9.35. The third kappa shape index (κ3) is 3.21. The second kappa shape index (κ2) is 4.20. The normalized spacial score (nSPS) is 10.8. The summed E-state index contributed by atoms with van der Waals surface area (Å²) >= 11 is 9.12. The molecular weight excluding hydrogens is 265 g/mol. The molecule has 0 saturated carbocycles. The van der Waals surface area contributed by atoms with Gasteiger partial charge in [-0.05, 0) is 32.0 Å². The Hall–Kier alpha value is -0.720. The number of nitrogens with zero attached hydrogens (tertiary/aromatic N) is 1. The highest BCUT2D eigenvalue weighted by Gasteiger charge is 2.18. The first-order valence-electron chi connectivity index (χ1n) is 3.99. The van der Waals surface area contributed by atoms with Gasteiger partial charge in [-0.3, -0.25) is 0 Å². The third-order valence-corrected chi connectivity index (χ3v) is 2.15. The van der Waals surface area contributed by atoms with E-state index in [0.29, 0.717) is 10.8 Å². The number of ether oxygens (including phenoxy) is 1. The van der Waals surface area contributed by atoms with Crippen LogP contribution in [0.15, 0.2) is 22.7 Å². The number of benzene rings is 1. The van der Waals surface area contributed by atoms with E-state index in [4.69, 9.17) is 21.6 Å². The molecule has 1 aromatic carbocycles. The van der Waals surface area contributed by atoms with E-state index >= 15 is 0 Å². The van der Waals surface area contributed by atoms with Crippen LogP contribution in [0.5, 0.6) is 5.75 Å². The fraction of sp³-hybridized carbons (Fsp3) is 0.300. The van der Waals surface area contributed by atoms with Gasteiger partial charge in [0.2, 0.25) is 0 Å². The molecule has 0 amide bonds. The summed E-state index contributed by atoms with van der Waals surface area (Å²) < 4.78 is 6.26. The molecule has 74 valence electrons. The molecule has 0 radical (unpaired) electrons. The Kier molecular flexibility index (Phi) is 3.41. The predicted molar refractivity (Wildman–Crippen MR) is 59.5 cm³/mol. The average Bonchev–Trinajstić information content (AvgIpc) is 2.01. The smallest absolute Gasteiger partial charge is 0.188 e. The highest BCUT2D eigenvalue weighted by molar-refractivity contribution is 9.10. The number of hydrogen-bond acceptors (Lipinski definition) is 2. The van der Waals surface area contributed by atoms with Crippen LogP contribution in [0.1, 0.15) is 13.8 Å². The van der Waals surface area contributed by atoms with Crippen LogP contribution >= 0.6 is 27.5 Å². The van der Waals surface area contributed by atoms with Gasteiger partial charge in [-0.15, -0.1) is 0 Å². The molecule has 1 aromatic rings. The summed E-state index contributed by atoms with van der Waals surface area (Å²) in [4.78, 5) is 0. The maximum Gasteiger partial charge on any atom is 0.188 e. The molecule has 0 aromatic heterocycles. The summed E-state index contributed by atoms with van der Waals surface area (Å²) in [5.41, 5.74) is -0.843. The van der Waals surface area contributed by atoms with Crippen molar-refractivity contribution in [1.82, 2.24) is 0 Å². The first-order valence-corrected chi connectivity index (χ1v) is 5.16. The van der Waals surface area contributed by atoms with Gasteiger partial charge in [0.25, 0.3) is 0 Å². The lowest BCUT2D eigenvalue weighted by Crippen LogP contribution is -2.25. The van der Waals surface area contributed by atoms with Gasteiger partial charge in [-0.25, -0.2) is 0 Å². The Labute approximate surface area is 96.6 Å². The van der Waals surface area contributed by atoms with Crippen molar-refractivity contribution in [2.24, 2.45) is 0 Å². The lowest BCUT2D eigenvalue weighted by atomic mass is 10.2. The Bertz CT molecular complexity index is 364. The van der Waals surface area contributed by atoms with Gasteiger partial charge >= 0.3 is 0 Å². The molecule has 0 atom stereocenters. The molecule has 4 heteroatoms. The van der Waals surface area contributed by atoms with Crippen LogP contribution in [0.4, 0.5) is 0 Å². The van der Waals surface area contributed by atoms with Crippen LogP contribution in [0.25, 0.3) is 0 Å². The average molecular weight is 275 g/mol. The van der Waals surface area contributed by atoms with E-state index in [9.17, 15) is 0 Å². The maximum atomic E-state index is 8.77. The van der Waals surface area contributed by atoms with Gasteiger partial charge in [-0.1, -0.05) is 27.5 Å². The summed E-state index contributed by atoms with van der Waals surface area (Å²) in [5.74, 6) is 0.580. The lowest BCUT2D eigenvalue weighted by molar-refractivity contribution is 0.170. The van der Waals surface area contributed by atoms with Crippen molar-refractivity contribution in [3.05, 3.63) is 27.7 Å². The SMILES string of the molecule is CC(C)(C#N)Oc1cc(Cl)cc(Br)c1. The zero-order chi connectivity index (χ0) is 10.8. The number of rotatable bonds is 2. The molecule has 0 heterocycles. The maximum absolute atomic E-state index is 8.77. The zero-order valence-corrected chi connectivity index (χ0v) is 10.2. The minimum absolute atomic E-state index is 0.572. The van der Waals surface area contributed by atoms with Crippen molar-refractivity contribution in [3.63, 3.8) is 0 Å². The van der Waals surface area contributed by atoms with E-state index in [1.54, 1.807) is 32.0 Å². The first-order chi connectivity index (χ1) is 6.43. The molecule has 0 bridgehead atoms. The van der Waals surface area contributed by atoms with Crippen LogP contribution in [-0.2, 0) is 0 Å². The Morgan fingerprint density at radius 2 is 2.07 bits per heavy atom. The quantitative estimate of drug-likeness (QED) is 0.822. The molecule has 0 saturated heterocycles. The molecule has 0 aliphatic heterocycles. The molecule has 0 N–H and O–H groups in total. The van der Waals surface area contributed by atoms with Crippen molar-refractivity contribution < 1.29 is 4.74 Å². The summed E-state index contributed by atoms with van der Waals surface area (Å²) in [6.07, 6.45) is 0. The third-order valence-electron chi connectivity index (χ3n) is 1.48. The zero-order valence-electron chi connectivity index (χ0n) is 7.84. The Morgan fingerprint density at radius 1 is 1.43 bits per heavy atom. The van der Waals surface area contributed by atoms with Gasteiger partial charge in [-0.2, -0.15) is 5.26 Å². The van der Waals surface area contributed by atoms with Gasteiger partial charge in [0.05, 0.1) is 0 Å². The molecule has 14 heavy (non-hydrogen) atoms. The van der Waals surface area contributed by atoms with E-state index < -0.39 is 5.60 Å². The van der Waals surface area contributed by atoms with E-state index in [2.05, 4.69) is 15.9 Å². The van der Waals surface area contributed by atoms with Crippen LogP contribution in [-0.4, -0.2) is 5.60 Å². The van der Waals surface area contributed by atoms with Crippen molar-refractivity contribution in [2.45, 2.75) is 19.4 Å². The summed E-state index contributed by atoms with van der Waals surface area (Å²) in [7, 11) is 0. The fourth-order valence-corrected chi connectivity index (χ4v) is 1.73. The van der Waals surface area contributed by atoms with Crippen LogP contribution in [0.2, 0.25) is 5.02 Å². The standard InChI is InChI=1S/C10H9BrClNO/c1-10(2,6-13)14-9-4-7(11)3-8(12)5-9/h3-5H,1-2H3. The highest BCUT2D eigenvalue weighted by atomic mass is 79.9. The number of nitriles is 1. The summed E-state index contributed by atoms with van der Waals surface area (Å²) in [6.45, 7) is 3.39. The van der Waals surface area contributed by atoms with E-state index in [1.165, 1.54) is 0 Å². The molecule has 1 rings (SSSR count). The van der Waals surface area contributed by atoms with E-state index in [1.807, 2.05) is 6.07 Å². The lowest BCUT2D eigenvalue weighted by Gasteiger charge is -2.18. The van der Waals surface area contributed by atoms with Gasteiger partial charge in [0.15, 0.2) is 5.60 Å².